The van der Waals surface area contributed by atoms with Crippen LogP contribution in [-0.4, -0.2) is 29.9 Å². The second kappa shape index (κ2) is 4.97. The SMILES string of the molecule is CC(C)[C@H](N)C(=O)N1CCC2(CCCC2)CC1. The van der Waals surface area contributed by atoms with Crippen molar-refractivity contribution in [3.63, 3.8) is 0 Å². The normalized spacial score (nSPS) is 25.5. The third kappa shape index (κ3) is 2.65. The van der Waals surface area contributed by atoms with Gasteiger partial charge < -0.3 is 10.6 Å². The minimum atomic E-state index is -0.312. The zero-order valence-electron chi connectivity index (χ0n) is 11.2. The topological polar surface area (TPSA) is 46.3 Å². The molecule has 0 bridgehead atoms. The summed E-state index contributed by atoms with van der Waals surface area (Å²) in [7, 11) is 0. The van der Waals surface area contributed by atoms with Gasteiger partial charge in [0.1, 0.15) is 0 Å². The monoisotopic (exact) mass is 238 g/mol. The minimum absolute atomic E-state index is 0.160. The number of nitrogens with two attached hydrogens (primary N) is 1. The van der Waals surface area contributed by atoms with Crippen molar-refractivity contribution in [2.24, 2.45) is 17.1 Å². The summed E-state index contributed by atoms with van der Waals surface area (Å²) in [5.74, 6) is 0.401. The molecule has 2 aliphatic rings. The van der Waals surface area contributed by atoms with Crippen LogP contribution in [0.2, 0.25) is 0 Å². The molecule has 1 saturated heterocycles. The molecule has 1 amide bonds. The van der Waals surface area contributed by atoms with E-state index in [9.17, 15) is 4.79 Å². The molecule has 2 rings (SSSR count). The third-order valence-corrected chi connectivity index (χ3v) is 4.80. The number of carbonyl (C=O) groups excluding carboxylic acids is 1. The molecule has 1 aliphatic heterocycles. The molecule has 3 heteroatoms. The summed E-state index contributed by atoms with van der Waals surface area (Å²) in [5.41, 5.74) is 6.53. The second-order valence-corrected chi connectivity index (χ2v) is 6.30. The molecule has 0 radical (unpaired) electrons. The van der Waals surface area contributed by atoms with Crippen LogP contribution in [0.3, 0.4) is 0 Å². The van der Waals surface area contributed by atoms with Crippen LogP contribution in [0.4, 0.5) is 0 Å². The molecule has 3 nitrogen and oxygen atoms in total. The second-order valence-electron chi connectivity index (χ2n) is 6.30. The van der Waals surface area contributed by atoms with Crippen LogP contribution in [0.25, 0.3) is 0 Å². The zero-order valence-corrected chi connectivity index (χ0v) is 11.2. The van der Waals surface area contributed by atoms with Gasteiger partial charge in [0.25, 0.3) is 0 Å². The van der Waals surface area contributed by atoms with Gasteiger partial charge in [-0.2, -0.15) is 0 Å². The van der Waals surface area contributed by atoms with E-state index in [2.05, 4.69) is 0 Å². The molecule has 98 valence electrons. The molecule has 2 N–H and O–H groups in total. The Balaban J connectivity index is 1.88. The molecular formula is C14H26N2O. The maximum atomic E-state index is 12.1. The summed E-state index contributed by atoms with van der Waals surface area (Å²) in [5, 5.41) is 0. The number of likely N-dealkylation sites (tertiary alicyclic amines) is 1. The molecule has 0 aromatic rings. The molecule has 0 unspecified atom stereocenters. The highest BCUT2D eigenvalue weighted by Crippen LogP contribution is 2.46. The molecule has 2 fully saturated rings. The molecule has 17 heavy (non-hydrogen) atoms. The molecule has 0 aromatic carbocycles. The summed E-state index contributed by atoms with van der Waals surface area (Å²) in [6, 6.07) is -0.312. The zero-order chi connectivity index (χ0) is 12.5. The van der Waals surface area contributed by atoms with E-state index in [4.69, 9.17) is 5.73 Å². The smallest absolute Gasteiger partial charge is 0.239 e. The fraction of sp³-hybridized carbons (Fsp3) is 0.929. The largest absolute Gasteiger partial charge is 0.341 e. The van der Waals surface area contributed by atoms with Gasteiger partial charge in [-0.15, -0.1) is 0 Å². The molecule has 1 saturated carbocycles. The fourth-order valence-electron chi connectivity index (χ4n) is 3.32. The molecular weight excluding hydrogens is 212 g/mol. The Hall–Kier alpha value is -0.570. The van der Waals surface area contributed by atoms with E-state index in [0.717, 1.165) is 13.1 Å². The van der Waals surface area contributed by atoms with Crippen LogP contribution >= 0.6 is 0 Å². The Bertz CT molecular complexity index is 272. The van der Waals surface area contributed by atoms with Gasteiger partial charge in [-0.05, 0) is 37.0 Å². The van der Waals surface area contributed by atoms with E-state index < -0.39 is 0 Å². The highest BCUT2D eigenvalue weighted by atomic mass is 16.2. The Morgan fingerprint density at radius 2 is 1.65 bits per heavy atom. The van der Waals surface area contributed by atoms with Crippen molar-refractivity contribution in [1.29, 1.82) is 0 Å². The first-order valence-corrected chi connectivity index (χ1v) is 7.08. The number of carbonyl (C=O) groups is 1. The van der Waals surface area contributed by atoms with Crippen molar-refractivity contribution >= 4 is 5.91 Å². The van der Waals surface area contributed by atoms with Gasteiger partial charge in [0, 0.05) is 13.1 Å². The number of amides is 1. The third-order valence-electron chi connectivity index (χ3n) is 4.80. The Morgan fingerprint density at radius 1 is 1.12 bits per heavy atom. The lowest BCUT2D eigenvalue weighted by molar-refractivity contribution is -0.135. The highest BCUT2D eigenvalue weighted by Gasteiger charge is 2.38. The number of rotatable bonds is 2. The van der Waals surface area contributed by atoms with Crippen molar-refractivity contribution < 1.29 is 4.79 Å². The van der Waals surface area contributed by atoms with Crippen molar-refractivity contribution in [3.05, 3.63) is 0 Å². The lowest BCUT2D eigenvalue weighted by atomic mass is 9.77. The average Bonchev–Trinajstić information content (AvgIpc) is 2.76. The first kappa shape index (κ1) is 12.9. The van der Waals surface area contributed by atoms with E-state index in [-0.39, 0.29) is 17.9 Å². The van der Waals surface area contributed by atoms with Crippen molar-refractivity contribution in [2.45, 2.75) is 58.4 Å². The van der Waals surface area contributed by atoms with Gasteiger partial charge in [0.05, 0.1) is 6.04 Å². The summed E-state index contributed by atoms with van der Waals surface area (Å²) < 4.78 is 0. The van der Waals surface area contributed by atoms with Crippen LogP contribution in [0.15, 0.2) is 0 Å². The Morgan fingerprint density at radius 3 is 2.12 bits per heavy atom. The van der Waals surface area contributed by atoms with Gasteiger partial charge in [-0.3, -0.25) is 4.79 Å². The van der Waals surface area contributed by atoms with Gasteiger partial charge in [-0.1, -0.05) is 26.7 Å². The molecule has 1 atom stereocenters. The highest BCUT2D eigenvalue weighted by molar-refractivity contribution is 5.82. The Kier molecular flexibility index (Phi) is 3.76. The number of nitrogens with zero attached hydrogens (tertiary/aromatic N) is 1. The number of hydrogen-bond acceptors (Lipinski definition) is 2. The van der Waals surface area contributed by atoms with E-state index in [1.807, 2.05) is 18.7 Å². The van der Waals surface area contributed by atoms with E-state index >= 15 is 0 Å². The number of piperidine rings is 1. The van der Waals surface area contributed by atoms with Crippen LogP contribution < -0.4 is 5.73 Å². The minimum Gasteiger partial charge on any atom is -0.341 e. The molecule has 0 aromatic heterocycles. The fourth-order valence-corrected chi connectivity index (χ4v) is 3.32. The van der Waals surface area contributed by atoms with Gasteiger partial charge in [-0.25, -0.2) is 0 Å². The molecule has 1 aliphatic carbocycles. The quantitative estimate of drug-likeness (QED) is 0.801. The van der Waals surface area contributed by atoms with Gasteiger partial charge >= 0.3 is 0 Å². The summed E-state index contributed by atoms with van der Waals surface area (Å²) >= 11 is 0. The standard InChI is InChI=1S/C14H26N2O/c1-11(2)12(15)13(17)16-9-7-14(8-10-16)5-3-4-6-14/h11-12H,3-10,15H2,1-2H3/t12-/m0/s1. The van der Waals surface area contributed by atoms with Crippen LogP contribution in [-0.2, 0) is 4.79 Å². The summed E-state index contributed by atoms with van der Waals surface area (Å²) in [4.78, 5) is 14.1. The van der Waals surface area contributed by atoms with Crippen LogP contribution in [0.1, 0.15) is 52.4 Å². The summed E-state index contributed by atoms with van der Waals surface area (Å²) in [6.07, 6.45) is 7.93. The predicted molar refractivity (Wildman–Crippen MR) is 69.5 cm³/mol. The lowest BCUT2D eigenvalue weighted by Gasteiger charge is -2.40. The first-order chi connectivity index (χ1) is 8.04. The maximum Gasteiger partial charge on any atom is 0.239 e. The Labute approximate surface area is 105 Å². The van der Waals surface area contributed by atoms with Crippen molar-refractivity contribution in [1.82, 2.24) is 4.90 Å². The van der Waals surface area contributed by atoms with E-state index in [0.29, 0.717) is 5.41 Å². The van der Waals surface area contributed by atoms with Crippen LogP contribution in [0.5, 0.6) is 0 Å². The maximum absolute atomic E-state index is 12.1. The van der Waals surface area contributed by atoms with E-state index in [1.54, 1.807) is 0 Å². The van der Waals surface area contributed by atoms with Gasteiger partial charge in [0.15, 0.2) is 0 Å². The lowest BCUT2D eigenvalue weighted by Crippen LogP contribution is -2.50. The first-order valence-electron chi connectivity index (χ1n) is 7.08. The molecule has 1 heterocycles. The average molecular weight is 238 g/mol. The van der Waals surface area contributed by atoms with Crippen molar-refractivity contribution in [2.75, 3.05) is 13.1 Å². The van der Waals surface area contributed by atoms with Crippen molar-refractivity contribution in [3.8, 4) is 0 Å². The van der Waals surface area contributed by atoms with Gasteiger partial charge in [0.2, 0.25) is 5.91 Å². The summed E-state index contributed by atoms with van der Waals surface area (Å²) in [6.45, 7) is 5.90. The predicted octanol–water partition coefficient (Wildman–Crippen LogP) is 2.15. The van der Waals surface area contributed by atoms with Crippen LogP contribution in [0, 0.1) is 11.3 Å². The van der Waals surface area contributed by atoms with E-state index in [1.165, 1.54) is 38.5 Å². The molecule has 1 spiro atoms. The number of hydrogen-bond donors (Lipinski definition) is 1.